The van der Waals surface area contributed by atoms with Gasteiger partial charge in [0.2, 0.25) is 29.6 Å². The summed E-state index contributed by atoms with van der Waals surface area (Å²) in [5.74, 6) is 0.914. The van der Waals surface area contributed by atoms with E-state index in [1.165, 1.54) is 22.3 Å². The maximum absolute atomic E-state index is 13.3. The van der Waals surface area contributed by atoms with Crippen LogP contribution in [-0.4, -0.2) is 146 Å². The number of benzene rings is 3. The van der Waals surface area contributed by atoms with Crippen molar-refractivity contribution in [3.8, 4) is 11.5 Å². The molecule has 2 aliphatic carbocycles. The normalized spacial score (nSPS) is 16.6. The van der Waals surface area contributed by atoms with Gasteiger partial charge in [0.05, 0.1) is 42.2 Å². The van der Waals surface area contributed by atoms with Crippen LogP contribution in [0.4, 0.5) is 11.9 Å². The smallest absolute Gasteiger partial charge is 0.250 e. The van der Waals surface area contributed by atoms with E-state index >= 15 is 0 Å². The Balaban J connectivity index is 0.000000179. The number of ketones is 2. The molecule has 7 heterocycles. The molecule has 0 radical (unpaired) electrons. The van der Waals surface area contributed by atoms with E-state index in [4.69, 9.17) is 20.1 Å². The highest BCUT2D eigenvalue weighted by Crippen LogP contribution is 2.27. The van der Waals surface area contributed by atoms with Crippen LogP contribution in [0.3, 0.4) is 0 Å². The Morgan fingerprint density at radius 1 is 0.667 bits per heavy atom. The zero-order valence-electron chi connectivity index (χ0n) is 42.3. The van der Waals surface area contributed by atoms with Gasteiger partial charge in [0.15, 0.2) is 11.6 Å². The molecule has 0 saturated carbocycles. The number of aliphatic hydroxyl groups is 1. The third-order valence-corrected chi connectivity index (χ3v) is 14.2. The number of rotatable bonds is 15. The van der Waals surface area contributed by atoms with Crippen molar-refractivity contribution < 1.29 is 28.7 Å². The number of anilines is 2. The Bertz CT molecular complexity index is 3380. The molecule has 3 aliphatic heterocycles. The lowest BCUT2D eigenvalue weighted by Crippen LogP contribution is -2.37. The van der Waals surface area contributed by atoms with Crippen molar-refractivity contribution >= 4 is 59.1 Å². The van der Waals surface area contributed by atoms with Gasteiger partial charge in [0.1, 0.15) is 24.9 Å². The van der Waals surface area contributed by atoms with E-state index in [1.54, 1.807) is 64.9 Å². The lowest BCUT2D eigenvalue weighted by molar-refractivity contribution is -0.132. The number of nitrogens with zero attached hydrogens (tertiary/aromatic N) is 12. The topological polar surface area (TPSA) is 302 Å². The monoisotopic (exact) mass is 1070 g/mol. The molecule has 23 heteroatoms. The van der Waals surface area contributed by atoms with Gasteiger partial charge in [-0.2, -0.15) is 15.4 Å². The molecular formula is C55H55ClN16O6. The molecule has 22 nitrogen and oxygen atoms in total. The van der Waals surface area contributed by atoms with E-state index in [2.05, 4.69) is 105 Å². The number of aromatic nitrogens is 9. The molecule has 4 aromatic heterocycles. The van der Waals surface area contributed by atoms with E-state index in [0.717, 1.165) is 42.6 Å². The number of nitrogens with one attached hydrogen (secondary N) is 3. The summed E-state index contributed by atoms with van der Waals surface area (Å²) in [7, 11) is 0. The molecule has 398 valence electrons. The molecule has 78 heavy (non-hydrogen) atoms. The minimum absolute atomic E-state index is 0. The first-order chi connectivity index (χ1) is 37.6. The number of Topliss-reactive ketones (excluding diaryl/α,β-unsaturated/α-hetero) is 2. The number of H-pyrrole nitrogens is 1. The van der Waals surface area contributed by atoms with Gasteiger partial charge in [-0.25, -0.2) is 19.9 Å². The Hall–Kier alpha value is -8.73. The van der Waals surface area contributed by atoms with Gasteiger partial charge in [-0.3, -0.25) is 29.2 Å². The molecular weight excluding hydrogens is 1020 g/mol. The summed E-state index contributed by atoms with van der Waals surface area (Å²) < 4.78 is 5.67. The Labute approximate surface area is 453 Å². The SMILES string of the molecule is Cl.NCC(=O)C1=CCN(C(=O)Cc2nnc(-c3cnc(NC4Cc5ccccc5C4)nc3)o2)CC1.O=C(CO)c1ccc(C2=NC(CC(=O)N3CCc4n[nH]nc4C3)N=C2c2cnc(NC3Cc4ccccc4C3)nc2)cc1. The number of carbonyl (C=O) groups is 4. The van der Waals surface area contributed by atoms with Crippen LogP contribution in [-0.2, 0) is 59.5 Å². The molecule has 7 aromatic rings. The number of aliphatic hydroxyl groups excluding tert-OH is 1. The number of nitrogens with two attached hydrogens (primary N) is 1. The fourth-order valence-corrected chi connectivity index (χ4v) is 10.2. The van der Waals surface area contributed by atoms with E-state index < -0.39 is 12.8 Å². The molecule has 6 N–H and O–H groups in total. The van der Waals surface area contributed by atoms with Gasteiger partial charge in [-0.1, -0.05) is 78.9 Å². The third kappa shape index (κ3) is 11.9. The molecule has 0 spiro atoms. The number of fused-ring (bicyclic) bond motifs is 3. The lowest BCUT2D eigenvalue weighted by atomic mass is 10.00. The van der Waals surface area contributed by atoms with Gasteiger partial charge in [-0.15, -0.1) is 22.6 Å². The highest BCUT2D eigenvalue weighted by molar-refractivity contribution is 6.54. The van der Waals surface area contributed by atoms with Gasteiger partial charge in [-0.05, 0) is 59.9 Å². The van der Waals surface area contributed by atoms with Crippen molar-refractivity contribution in [2.24, 2.45) is 15.7 Å². The molecule has 0 bridgehead atoms. The van der Waals surface area contributed by atoms with Gasteiger partial charge in [0.25, 0.3) is 5.89 Å². The quantitative estimate of drug-likeness (QED) is 0.0915. The molecule has 1 unspecified atom stereocenters. The molecule has 12 rings (SSSR count). The van der Waals surface area contributed by atoms with Crippen molar-refractivity contribution in [1.82, 2.24) is 55.3 Å². The van der Waals surface area contributed by atoms with Crippen molar-refractivity contribution in [3.05, 3.63) is 165 Å². The highest BCUT2D eigenvalue weighted by Gasteiger charge is 2.31. The van der Waals surface area contributed by atoms with Gasteiger partial charge in [0, 0.05) is 79.6 Å². The van der Waals surface area contributed by atoms with Crippen molar-refractivity contribution in [2.75, 3.05) is 43.4 Å². The van der Waals surface area contributed by atoms with E-state index in [9.17, 15) is 24.3 Å². The van der Waals surface area contributed by atoms with Crippen LogP contribution in [0.5, 0.6) is 0 Å². The molecule has 5 aliphatic rings. The first-order valence-electron chi connectivity index (χ1n) is 25.5. The average Bonchev–Trinajstić information content (AvgIpc) is 4.39. The minimum Gasteiger partial charge on any atom is -0.420 e. The van der Waals surface area contributed by atoms with Crippen LogP contribution in [0.25, 0.3) is 11.5 Å². The molecule has 1 atom stereocenters. The van der Waals surface area contributed by atoms with Crippen molar-refractivity contribution in [2.45, 2.75) is 76.2 Å². The second-order valence-corrected chi connectivity index (χ2v) is 19.3. The average molecular weight is 1070 g/mol. The largest absolute Gasteiger partial charge is 0.420 e. The maximum atomic E-state index is 13.3. The molecule has 3 aromatic carbocycles. The zero-order chi connectivity index (χ0) is 52.8. The number of carbonyl (C=O) groups excluding carboxylic acids is 4. The lowest BCUT2D eigenvalue weighted by Gasteiger charge is -2.25. The molecule has 2 amide bonds. The van der Waals surface area contributed by atoms with Crippen LogP contribution in [0.15, 0.2) is 124 Å². The second-order valence-electron chi connectivity index (χ2n) is 19.3. The van der Waals surface area contributed by atoms with Crippen molar-refractivity contribution in [1.29, 1.82) is 0 Å². The number of aromatic amines is 1. The Morgan fingerprint density at radius 3 is 1.79 bits per heavy atom. The number of aliphatic imine (C=N–C) groups is 2. The summed E-state index contributed by atoms with van der Waals surface area (Å²) in [6, 6.07) is 24.2. The first kappa shape index (κ1) is 52.7. The fraction of sp³-hybridized carbons (Fsp3) is 0.309. The van der Waals surface area contributed by atoms with Crippen LogP contribution >= 0.6 is 12.4 Å². The van der Waals surface area contributed by atoms with Crippen molar-refractivity contribution in [3.63, 3.8) is 0 Å². The summed E-state index contributed by atoms with van der Waals surface area (Å²) in [5.41, 5.74) is 16.7. The van der Waals surface area contributed by atoms with Crippen LogP contribution in [0.2, 0.25) is 0 Å². The maximum Gasteiger partial charge on any atom is 0.250 e. The molecule has 0 fully saturated rings. The summed E-state index contributed by atoms with van der Waals surface area (Å²) in [4.78, 5) is 80.5. The number of hydrogen-bond acceptors (Lipinski definition) is 19. The number of halogens is 1. The Kier molecular flexibility index (Phi) is 16.0. The second kappa shape index (κ2) is 23.7. The van der Waals surface area contributed by atoms with E-state index in [0.29, 0.717) is 84.6 Å². The summed E-state index contributed by atoms with van der Waals surface area (Å²) in [6.45, 7) is 1.22. The van der Waals surface area contributed by atoms with E-state index in [1.807, 2.05) is 0 Å². The first-order valence-corrected chi connectivity index (χ1v) is 25.5. The van der Waals surface area contributed by atoms with E-state index in [-0.39, 0.29) is 79.0 Å². The number of amides is 2. The number of hydrogen-bond donors (Lipinski definition) is 5. The predicted molar refractivity (Wildman–Crippen MR) is 289 cm³/mol. The summed E-state index contributed by atoms with van der Waals surface area (Å²) in [6.07, 6.45) is 12.8. The zero-order valence-corrected chi connectivity index (χ0v) is 43.1. The molecule has 0 saturated heterocycles. The fourth-order valence-electron chi connectivity index (χ4n) is 10.2. The predicted octanol–water partition coefficient (Wildman–Crippen LogP) is 3.70. The summed E-state index contributed by atoms with van der Waals surface area (Å²) in [5, 5.41) is 35.0. The highest BCUT2D eigenvalue weighted by atomic mass is 35.5. The third-order valence-electron chi connectivity index (χ3n) is 14.2. The standard InChI is InChI=1S/C31H29N9O3.C24H25N7O3.ClH/c41-17-26(42)18-5-7-19(8-6-18)29-30(36-27(35-29)13-28(43)40-10-9-24-25(16-40)38-39-37-24)22-14-32-31(33-15-22)34-23-11-20-3-1-2-4-21(20)12-23;25-12-20(32)15-5-7-31(8-6-15)22(33)11-21-29-30-23(34-21)18-13-26-24(27-14-18)28-19-9-16-3-1-2-4-17(16)10-19;/h1-8,14-15,23,27,41H,9-13,16-17H2,(H,32,33,34)(H,37,38,39);1-5,13-14,19H,6-12,25H2,(H,26,27,28);1H. The van der Waals surface area contributed by atoms with Crippen LogP contribution in [0, 0.1) is 0 Å². The van der Waals surface area contributed by atoms with Crippen LogP contribution < -0.4 is 16.4 Å². The Morgan fingerprint density at radius 2 is 1.23 bits per heavy atom. The van der Waals surface area contributed by atoms with Gasteiger partial charge < -0.3 is 35.7 Å². The summed E-state index contributed by atoms with van der Waals surface area (Å²) >= 11 is 0. The van der Waals surface area contributed by atoms with Crippen LogP contribution in [0.1, 0.15) is 73.9 Å². The van der Waals surface area contributed by atoms with Gasteiger partial charge >= 0.3 is 0 Å². The minimum atomic E-state index is -0.621.